The second kappa shape index (κ2) is 6.00. The van der Waals surface area contributed by atoms with Gasteiger partial charge in [-0.25, -0.2) is 0 Å². The van der Waals surface area contributed by atoms with Gasteiger partial charge in [-0.1, -0.05) is 6.07 Å². The molecule has 4 heteroatoms. The summed E-state index contributed by atoms with van der Waals surface area (Å²) >= 11 is 0. The van der Waals surface area contributed by atoms with Crippen LogP contribution >= 0.6 is 0 Å². The summed E-state index contributed by atoms with van der Waals surface area (Å²) in [5.74, 6) is 0.404. The van der Waals surface area contributed by atoms with Crippen LogP contribution in [0.25, 0.3) is 0 Å². The molecule has 0 bridgehead atoms. The molecule has 0 radical (unpaired) electrons. The molecule has 0 saturated heterocycles. The van der Waals surface area contributed by atoms with Crippen LogP contribution in [0.15, 0.2) is 18.2 Å². The summed E-state index contributed by atoms with van der Waals surface area (Å²) in [6, 6.07) is 5.21. The Kier molecular flexibility index (Phi) is 4.64. The van der Waals surface area contributed by atoms with E-state index in [0.29, 0.717) is 30.3 Å². The third-order valence-corrected chi connectivity index (χ3v) is 1.99. The number of rotatable bonds is 6. The Hall–Kier alpha value is -1.71. The lowest BCUT2D eigenvalue weighted by molar-refractivity contribution is -0.136. The van der Waals surface area contributed by atoms with Crippen molar-refractivity contribution in [2.75, 3.05) is 13.2 Å². The highest BCUT2D eigenvalue weighted by molar-refractivity contribution is 5.71. The molecule has 0 saturated carbocycles. The summed E-state index contributed by atoms with van der Waals surface area (Å²) in [6.45, 7) is 4.83. The summed E-state index contributed by atoms with van der Waals surface area (Å²) in [7, 11) is 0. The SMILES string of the molecule is CCOc1ccc(CC(=O)O)c(OCC)c1. The van der Waals surface area contributed by atoms with E-state index >= 15 is 0 Å². The number of carbonyl (C=O) groups is 1. The average Bonchev–Trinajstić information content (AvgIpc) is 2.22. The van der Waals surface area contributed by atoms with E-state index in [1.807, 2.05) is 13.8 Å². The molecular weight excluding hydrogens is 208 g/mol. The number of carboxylic acids is 1. The first kappa shape index (κ1) is 12.4. The van der Waals surface area contributed by atoms with E-state index < -0.39 is 5.97 Å². The molecule has 0 fully saturated rings. The zero-order chi connectivity index (χ0) is 12.0. The minimum Gasteiger partial charge on any atom is -0.494 e. The van der Waals surface area contributed by atoms with Crippen molar-refractivity contribution in [3.05, 3.63) is 23.8 Å². The minimum atomic E-state index is -0.870. The summed E-state index contributed by atoms with van der Waals surface area (Å²) in [6.07, 6.45) is -0.0399. The van der Waals surface area contributed by atoms with E-state index in [1.165, 1.54) is 0 Å². The van der Waals surface area contributed by atoms with Crippen LogP contribution in [0.4, 0.5) is 0 Å². The quantitative estimate of drug-likeness (QED) is 0.804. The van der Waals surface area contributed by atoms with Gasteiger partial charge in [-0.3, -0.25) is 4.79 Å². The monoisotopic (exact) mass is 224 g/mol. The van der Waals surface area contributed by atoms with Crippen LogP contribution in [0.3, 0.4) is 0 Å². The molecule has 0 amide bonds. The van der Waals surface area contributed by atoms with Crippen molar-refractivity contribution in [3.8, 4) is 11.5 Å². The second-order valence-corrected chi connectivity index (χ2v) is 3.21. The molecule has 1 N–H and O–H groups in total. The standard InChI is InChI=1S/C12H16O4/c1-3-15-10-6-5-9(7-12(13)14)11(8-10)16-4-2/h5-6,8H,3-4,7H2,1-2H3,(H,13,14). The number of benzene rings is 1. The number of hydrogen-bond donors (Lipinski definition) is 1. The van der Waals surface area contributed by atoms with Gasteiger partial charge in [-0.05, 0) is 19.9 Å². The maximum Gasteiger partial charge on any atom is 0.307 e. The molecule has 1 rings (SSSR count). The van der Waals surface area contributed by atoms with E-state index in [1.54, 1.807) is 18.2 Å². The average molecular weight is 224 g/mol. The van der Waals surface area contributed by atoms with Gasteiger partial charge in [0.25, 0.3) is 0 Å². The molecule has 88 valence electrons. The molecule has 1 aromatic rings. The first-order valence-electron chi connectivity index (χ1n) is 5.27. The fraction of sp³-hybridized carbons (Fsp3) is 0.417. The molecular formula is C12H16O4. The third kappa shape index (κ3) is 3.46. The first-order valence-corrected chi connectivity index (χ1v) is 5.27. The van der Waals surface area contributed by atoms with Crippen molar-refractivity contribution in [3.63, 3.8) is 0 Å². The van der Waals surface area contributed by atoms with Gasteiger partial charge in [0.15, 0.2) is 0 Å². The van der Waals surface area contributed by atoms with Gasteiger partial charge in [-0.2, -0.15) is 0 Å². The zero-order valence-electron chi connectivity index (χ0n) is 9.53. The number of hydrogen-bond acceptors (Lipinski definition) is 3. The molecule has 0 atom stereocenters. The molecule has 0 heterocycles. The molecule has 4 nitrogen and oxygen atoms in total. The lowest BCUT2D eigenvalue weighted by atomic mass is 10.1. The van der Waals surface area contributed by atoms with E-state index in [2.05, 4.69) is 0 Å². The van der Waals surface area contributed by atoms with Crippen LogP contribution in [0.1, 0.15) is 19.4 Å². The predicted octanol–water partition coefficient (Wildman–Crippen LogP) is 2.11. The van der Waals surface area contributed by atoms with Gasteiger partial charge < -0.3 is 14.6 Å². The fourth-order valence-electron chi connectivity index (χ4n) is 1.39. The van der Waals surface area contributed by atoms with Gasteiger partial charge in [0.05, 0.1) is 19.6 Å². The maximum absolute atomic E-state index is 10.6. The topological polar surface area (TPSA) is 55.8 Å². The summed E-state index contributed by atoms with van der Waals surface area (Å²) in [5.41, 5.74) is 0.665. The number of aliphatic carboxylic acids is 1. The normalized spacial score (nSPS) is 9.88. The molecule has 16 heavy (non-hydrogen) atoms. The van der Waals surface area contributed by atoms with Crippen LogP contribution in [0.5, 0.6) is 11.5 Å². The Balaban J connectivity index is 2.93. The Morgan fingerprint density at radius 3 is 2.50 bits per heavy atom. The van der Waals surface area contributed by atoms with Gasteiger partial charge in [0, 0.05) is 11.6 Å². The van der Waals surface area contributed by atoms with Crippen LogP contribution in [-0.4, -0.2) is 24.3 Å². The summed E-state index contributed by atoms with van der Waals surface area (Å²) in [5, 5.41) is 8.75. The van der Waals surface area contributed by atoms with Crippen molar-refractivity contribution < 1.29 is 19.4 Å². The largest absolute Gasteiger partial charge is 0.494 e. The van der Waals surface area contributed by atoms with Crippen molar-refractivity contribution in [2.45, 2.75) is 20.3 Å². The first-order chi connectivity index (χ1) is 7.67. The second-order valence-electron chi connectivity index (χ2n) is 3.21. The Bertz CT molecular complexity index is 360. The summed E-state index contributed by atoms with van der Waals surface area (Å²) in [4.78, 5) is 10.6. The Morgan fingerprint density at radius 2 is 1.94 bits per heavy atom. The maximum atomic E-state index is 10.6. The highest BCUT2D eigenvalue weighted by Gasteiger charge is 2.09. The smallest absolute Gasteiger partial charge is 0.307 e. The highest BCUT2D eigenvalue weighted by Crippen LogP contribution is 2.25. The Morgan fingerprint density at radius 1 is 1.25 bits per heavy atom. The van der Waals surface area contributed by atoms with Crippen molar-refractivity contribution in [1.82, 2.24) is 0 Å². The number of carboxylic acid groups (broad SMARTS) is 1. The van der Waals surface area contributed by atoms with E-state index in [9.17, 15) is 4.79 Å². The number of ether oxygens (including phenoxy) is 2. The fourth-order valence-corrected chi connectivity index (χ4v) is 1.39. The van der Waals surface area contributed by atoms with E-state index in [-0.39, 0.29) is 6.42 Å². The lowest BCUT2D eigenvalue weighted by Gasteiger charge is -2.11. The van der Waals surface area contributed by atoms with E-state index in [0.717, 1.165) is 0 Å². The lowest BCUT2D eigenvalue weighted by Crippen LogP contribution is -2.04. The molecule has 0 aliphatic carbocycles. The summed E-state index contributed by atoms with van der Waals surface area (Å²) < 4.78 is 10.7. The van der Waals surface area contributed by atoms with Gasteiger partial charge in [0.1, 0.15) is 11.5 Å². The molecule has 0 aliphatic rings. The highest BCUT2D eigenvalue weighted by atomic mass is 16.5. The van der Waals surface area contributed by atoms with Gasteiger partial charge in [0.2, 0.25) is 0 Å². The van der Waals surface area contributed by atoms with Crippen molar-refractivity contribution in [2.24, 2.45) is 0 Å². The Labute approximate surface area is 94.8 Å². The van der Waals surface area contributed by atoms with Crippen LogP contribution in [-0.2, 0) is 11.2 Å². The molecule has 0 aromatic heterocycles. The molecule has 0 aliphatic heterocycles. The third-order valence-electron chi connectivity index (χ3n) is 1.99. The van der Waals surface area contributed by atoms with Crippen LogP contribution in [0.2, 0.25) is 0 Å². The van der Waals surface area contributed by atoms with E-state index in [4.69, 9.17) is 14.6 Å². The van der Waals surface area contributed by atoms with Crippen molar-refractivity contribution >= 4 is 5.97 Å². The zero-order valence-corrected chi connectivity index (χ0v) is 9.53. The molecule has 0 unspecified atom stereocenters. The minimum absolute atomic E-state index is 0.0399. The molecule has 0 spiro atoms. The van der Waals surface area contributed by atoms with Gasteiger partial charge >= 0.3 is 5.97 Å². The van der Waals surface area contributed by atoms with Crippen LogP contribution in [0, 0.1) is 0 Å². The van der Waals surface area contributed by atoms with Gasteiger partial charge in [-0.15, -0.1) is 0 Å². The van der Waals surface area contributed by atoms with Crippen LogP contribution < -0.4 is 9.47 Å². The predicted molar refractivity (Wildman–Crippen MR) is 60.1 cm³/mol. The van der Waals surface area contributed by atoms with Crippen molar-refractivity contribution in [1.29, 1.82) is 0 Å². The molecule has 1 aromatic carbocycles.